The second-order valence-corrected chi connectivity index (χ2v) is 11.7. The first-order valence-electron chi connectivity index (χ1n) is 13.6. The molecule has 2 N–H and O–H groups in total. The molecule has 0 fully saturated rings. The van der Waals surface area contributed by atoms with Crippen LogP contribution in [0, 0.1) is 0 Å². The van der Waals surface area contributed by atoms with Crippen molar-refractivity contribution in [1.29, 1.82) is 0 Å². The molecule has 0 spiro atoms. The number of carbonyl (C=O) groups excluding carboxylic acids is 2. The topological polar surface area (TPSA) is 120 Å². The van der Waals surface area contributed by atoms with Crippen LogP contribution in [-0.4, -0.2) is 43.0 Å². The number of aryl methyl sites for hydroxylation is 1. The van der Waals surface area contributed by atoms with Gasteiger partial charge in [0.1, 0.15) is 18.0 Å². The Morgan fingerprint density at radius 3 is 2.29 bits per heavy atom. The van der Waals surface area contributed by atoms with Crippen LogP contribution in [0.4, 0.5) is 10.5 Å². The largest absolute Gasteiger partial charge is 0.444 e. The van der Waals surface area contributed by atoms with Crippen molar-refractivity contribution >= 4 is 29.3 Å². The Bertz CT molecular complexity index is 1640. The van der Waals surface area contributed by atoms with Gasteiger partial charge in [-0.05, 0) is 93.8 Å². The summed E-state index contributed by atoms with van der Waals surface area (Å²) in [5.41, 5.74) is 2.82. The molecule has 2 heterocycles. The fourth-order valence-electron chi connectivity index (χ4n) is 4.34. The van der Waals surface area contributed by atoms with E-state index < -0.39 is 23.6 Å². The van der Waals surface area contributed by atoms with Crippen molar-refractivity contribution in [2.24, 2.45) is 7.05 Å². The standard InChI is InChI=1S/C31H35ClN6O4/c1-19(2)38-17-22(10-14-27(38)39)21-9-13-25(32)23(15-21)16-26(35-30(41)42-31(3,4)5)29(40)34-24-11-7-20(8-12-24)28-36-33-18-37(28)6/h7-15,17-19,26H,16H2,1-6H3,(H,34,40)(H,35,41)/t26-/m0/s1. The number of nitrogens with zero attached hydrogens (tertiary/aromatic N) is 4. The Hall–Kier alpha value is -4.44. The van der Waals surface area contributed by atoms with Gasteiger partial charge in [0.2, 0.25) is 5.91 Å². The maximum absolute atomic E-state index is 13.5. The predicted octanol–water partition coefficient (Wildman–Crippen LogP) is 5.62. The summed E-state index contributed by atoms with van der Waals surface area (Å²) in [5.74, 6) is 0.248. The van der Waals surface area contributed by atoms with E-state index in [1.54, 1.807) is 66.7 Å². The van der Waals surface area contributed by atoms with Gasteiger partial charge in [-0.25, -0.2) is 4.79 Å². The molecule has 0 aliphatic heterocycles. The van der Waals surface area contributed by atoms with Gasteiger partial charge < -0.3 is 24.5 Å². The molecule has 0 saturated heterocycles. The normalized spacial score (nSPS) is 12.2. The number of pyridine rings is 1. The first-order chi connectivity index (χ1) is 19.8. The molecule has 4 rings (SSSR count). The van der Waals surface area contributed by atoms with Gasteiger partial charge in [-0.1, -0.05) is 17.7 Å². The van der Waals surface area contributed by atoms with Crippen LogP contribution in [0.5, 0.6) is 0 Å². The monoisotopic (exact) mass is 590 g/mol. The molecule has 2 aromatic heterocycles. The fraction of sp³-hybridized carbons (Fsp3) is 0.323. The minimum atomic E-state index is -1.00. The molecule has 220 valence electrons. The van der Waals surface area contributed by atoms with Crippen molar-refractivity contribution in [3.8, 4) is 22.5 Å². The van der Waals surface area contributed by atoms with Gasteiger partial charge in [-0.3, -0.25) is 9.59 Å². The maximum atomic E-state index is 13.5. The highest BCUT2D eigenvalue weighted by molar-refractivity contribution is 6.31. The number of ether oxygens (including phenoxy) is 1. The van der Waals surface area contributed by atoms with E-state index in [1.807, 2.05) is 45.2 Å². The number of aromatic nitrogens is 4. The second-order valence-electron chi connectivity index (χ2n) is 11.3. The average molecular weight is 591 g/mol. The molecule has 0 aliphatic rings. The Morgan fingerprint density at radius 1 is 1.00 bits per heavy atom. The summed E-state index contributed by atoms with van der Waals surface area (Å²) < 4.78 is 8.88. The third-order valence-corrected chi connectivity index (χ3v) is 6.80. The lowest BCUT2D eigenvalue weighted by Crippen LogP contribution is -2.47. The van der Waals surface area contributed by atoms with Gasteiger partial charge in [0, 0.05) is 48.0 Å². The summed E-state index contributed by atoms with van der Waals surface area (Å²) >= 11 is 6.58. The van der Waals surface area contributed by atoms with Crippen LogP contribution >= 0.6 is 11.6 Å². The molecule has 42 heavy (non-hydrogen) atoms. The number of carbonyl (C=O) groups is 2. The van der Waals surface area contributed by atoms with Crippen LogP contribution in [-0.2, 0) is 23.0 Å². The van der Waals surface area contributed by atoms with E-state index in [-0.39, 0.29) is 18.0 Å². The van der Waals surface area contributed by atoms with Crippen LogP contribution in [0.25, 0.3) is 22.5 Å². The number of nitrogens with one attached hydrogen (secondary N) is 2. The number of amides is 2. The zero-order valence-corrected chi connectivity index (χ0v) is 25.3. The summed E-state index contributed by atoms with van der Waals surface area (Å²) in [6.07, 6.45) is 2.78. The van der Waals surface area contributed by atoms with Crippen molar-refractivity contribution in [2.75, 3.05) is 5.32 Å². The number of hydrogen-bond acceptors (Lipinski definition) is 6. The number of benzene rings is 2. The van der Waals surface area contributed by atoms with Crippen molar-refractivity contribution in [2.45, 2.75) is 58.7 Å². The SMILES string of the molecule is CC(C)n1cc(-c2ccc(Cl)c(C[C@H](NC(=O)OC(C)(C)C)C(=O)Nc3ccc(-c4nncn4C)cc3)c2)ccc1=O. The molecular weight excluding hydrogens is 556 g/mol. The smallest absolute Gasteiger partial charge is 0.408 e. The highest BCUT2D eigenvalue weighted by Gasteiger charge is 2.26. The van der Waals surface area contributed by atoms with Crippen molar-refractivity contribution in [1.82, 2.24) is 24.6 Å². The fourth-order valence-corrected chi connectivity index (χ4v) is 4.54. The molecule has 0 saturated carbocycles. The molecule has 0 unspecified atom stereocenters. The summed E-state index contributed by atoms with van der Waals surface area (Å²) in [4.78, 5) is 38.5. The lowest BCUT2D eigenvalue weighted by atomic mass is 9.99. The summed E-state index contributed by atoms with van der Waals surface area (Å²) in [5, 5.41) is 14.0. The number of halogens is 1. The highest BCUT2D eigenvalue weighted by atomic mass is 35.5. The third kappa shape index (κ3) is 7.64. The van der Waals surface area contributed by atoms with E-state index >= 15 is 0 Å². The second kappa shape index (κ2) is 12.6. The zero-order chi connectivity index (χ0) is 30.6. The molecule has 0 aliphatic carbocycles. The lowest BCUT2D eigenvalue weighted by molar-refractivity contribution is -0.118. The Labute approximate surface area is 249 Å². The van der Waals surface area contributed by atoms with E-state index in [4.69, 9.17) is 16.3 Å². The average Bonchev–Trinajstić information content (AvgIpc) is 3.34. The quantitative estimate of drug-likeness (QED) is 0.275. The molecule has 0 radical (unpaired) electrons. The third-order valence-electron chi connectivity index (χ3n) is 6.43. The van der Waals surface area contributed by atoms with Crippen LogP contribution in [0.1, 0.15) is 46.2 Å². The van der Waals surface area contributed by atoms with E-state index in [1.165, 1.54) is 6.07 Å². The van der Waals surface area contributed by atoms with Gasteiger partial charge in [0.15, 0.2) is 5.82 Å². The number of alkyl carbamates (subject to hydrolysis) is 1. The van der Waals surface area contributed by atoms with Gasteiger partial charge in [0.25, 0.3) is 5.56 Å². The van der Waals surface area contributed by atoms with E-state index in [2.05, 4.69) is 20.8 Å². The van der Waals surface area contributed by atoms with Crippen LogP contribution < -0.4 is 16.2 Å². The van der Waals surface area contributed by atoms with Gasteiger partial charge >= 0.3 is 6.09 Å². The molecule has 0 bridgehead atoms. The molecule has 4 aromatic rings. The maximum Gasteiger partial charge on any atom is 0.408 e. The molecule has 10 nitrogen and oxygen atoms in total. The van der Waals surface area contributed by atoms with E-state index in [0.29, 0.717) is 22.1 Å². The summed E-state index contributed by atoms with van der Waals surface area (Å²) in [6, 6.07) is 14.9. The molecule has 11 heteroatoms. The van der Waals surface area contributed by atoms with Crippen molar-refractivity contribution < 1.29 is 14.3 Å². The molecular formula is C31H35ClN6O4. The van der Waals surface area contributed by atoms with Crippen LogP contribution in [0.15, 0.2) is 71.9 Å². The van der Waals surface area contributed by atoms with E-state index in [9.17, 15) is 14.4 Å². The van der Waals surface area contributed by atoms with Gasteiger partial charge in [-0.2, -0.15) is 0 Å². The number of anilines is 1. The minimum Gasteiger partial charge on any atom is -0.444 e. The van der Waals surface area contributed by atoms with Crippen molar-refractivity contribution in [3.63, 3.8) is 0 Å². The van der Waals surface area contributed by atoms with Gasteiger partial charge in [-0.15, -0.1) is 10.2 Å². The first kappa shape index (κ1) is 30.5. The van der Waals surface area contributed by atoms with E-state index in [0.717, 1.165) is 16.7 Å². The summed E-state index contributed by atoms with van der Waals surface area (Å²) in [6.45, 7) is 9.12. The molecule has 2 aromatic carbocycles. The predicted molar refractivity (Wildman–Crippen MR) is 163 cm³/mol. The number of rotatable bonds is 8. The Kier molecular flexibility index (Phi) is 9.16. The molecule has 1 atom stereocenters. The minimum absolute atomic E-state index is 0.00946. The van der Waals surface area contributed by atoms with Crippen LogP contribution in [0.3, 0.4) is 0 Å². The van der Waals surface area contributed by atoms with Gasteiger partial charge in [0.05, 0.1) is 0 Å². The lowest BCUT2D eigenvalue weighted by Gasteiger charge is -2.24. The first-order valence-corrected chi connectivity index (χ1v) is 13.9. The Balaban J connectivity index is 1.60. The summed E-state index contributed by atoms with van der Waals surface area (Å²) in [7, 11) is 1.85. The highest BCUT2D eigenvalue weighted by Crippen LogP contribution is 2.27. The van der Waals surface area contributed by atoms with Crippen molar-refractivity contribution in [3.05, 3.63) is 88.1 Å². The zero-order valence-electron chi connectivity index (χ0n) is 24.5. The molecule has 2 amide bonds. The van der Waals surface area contributed by atoms with Crippen LogP contribution in [0.2, 0.25) is 5.02 Å². The Morgan fingerprint density at radius 2 is 1.67 bits per heavy atom. The number of hydrogen-bond donors (Lipinski definition) is 2.